The summed E-state index contributed by atoms with van der Waals surface area (Å²) in [5, 5.41) is 6.84. The summed E-state index contributed by atoms with van der Waals surface area (Å²) in [5.41, 5.74) is 0.764. The standard InChI is InChI=1S/C14H18N6O3S/c1-24(22,23)20-7-3-5-12(20)14(21)17-8-11-4-2-6-16-13(11)19-10-15-9-18-19/h2,4,6,9-10,12H,3,5,7-8H2,1H3,(H,17,21). The van der Waals surface area contributed by atoms with Crippen LogP contribution in [-0.2, 0) is 21.4 Å². The van der Waals surface area contributed by atoms with Gasteiger partial charge in [-0.15, -0.1) is 0 Å². The van der Waals surface area contributed by atoms with Crippen LogP contribution in [0.1, 0.15) is 18.4 Å². The number of carbonyl (C=O) groups is 1. The van der Waals surface area contributed by atoms with Gasteiger partial charge < -0.3 is 5.32 Å². The molecular weight excluding hydrogens is 332 g/mol. The summed E-state index contributed by atoms with van der Waals surface area (Å²) in [6.45, 7) is 0.615. The number of rotatable bonds is 5. The van der Waals surface area contributed by atoms with Gasteiger partial charge in [0.1, 0.15) is 18.7 Å². The highest BCUT2D eigenvalue weighted by Gasteiger charge is 2.36. The number of pyridine rings is 1. The Balaban J connectivity index is 1.72. The van der Waals surface area contributed by atoms with Gasteiger partial charge in [0.25, 0.3) is 0 Å². The van der Waals surface area contributed by atoms with Gasteiger partial charge in [0.15, 0.2) is 5.82 Å². The van der Waals surface area contributed by atoms with Crippen LogP contribution in [0.25, 0.3) is 5.82 Å². The molecule has 1 unspecified atom stereocenters. The fraction of sp³-hybridized carbons (Fsp3) is 0.429. The van der Waals surface area contributed by atoms with Gasteiger partial charge in [0, 0.05) is 24.8 Å². The van der Waals surface area contributed by atoms with Crippen molar-refractivity contribution in [3.8, 4) is 5.82 Å². The number of carbonyl (C=O) groups excluding carboxylic acids is 1. The minimum Gasteiger partial charge on any atom is -0.350 e. The molecule has 0 bridgehead atoms. The summed E-state index contributed by atoms with van der Waals surface area (Å²) >= 11 is 0. The van der Waals surface area contributed by atoms with E-state index in [-0.39, 0.29) is 12.5 Å². The number of sulfonamides is 1. The van der Waals surface area contributed by atoms with E-state index in [0.29, 0.717) is 25.2 Å². The first-order valence-electron chi connectivity index (χ1n) is 7.50. The van der Waals surface area contributed by atoms with Crippen molar-refractivity contribution < 1.29 is 13.2 Å². The third-order valence-corrected chi connectivity index (χ3v) is 5.18. The zero-order chi connectivity index (χ0) is 17.2. The molecule has 1 amide bonds. The van der Waals surface area contributed by atoms with E-state index in [1.807, 2.05) is 6.07 Å². The van der Waals surface area contributed by atoms with Crippen LogP contribution in [-0.4, -0.2) is 57.2 Å². The van der Waals surface area contributed by atoms with Gasteiger partial charge in [0.05, 0.1) is 6.26 Å². The maximum Gasteiger partial charge on any atom is 0.238 e. The van der Waals surface area contributed by atoms with Crippen molar-refractivity contribution in [3.05, 3.63) is 36.5 Å². The summed E-state index contributed by atoms with van der Waals surface area (Å²) in [6.07, 6.45) is 6.90. The van der Waals surface area contributed by atoms with Gasteiger partial charge in [-0.25, -0.2) is 23.1 Å². The molecule has 1 fully saturated rings. The van der Waals surface area contributed by atoms with Crippen molar-refractivity contribution in [2.45, 2.75) is 25.4 Å². The average Bonchev–Trinajstić information content (AvgIpc) is 3.23. The summed E-state index contributed by atoms with van der Waals surface area (Å²) < 4.78 is 26.3. The van der Waals surface area contributed by atoms with E-state index in [4.69, 9.17) is 0 Å². The third kappa shape index (κ3) is 3.44. The molecule has 0 spiro atoms. The van der Waals surface area contributed by atoms with E-state index in [1.54, 1.807) is 12.3 Å². The minimum atomic E-state index is -3.39. The summed E-state index contributed by atoms with van der Waals surface area (Å²) in [6, 6.07) is 2.94. The first kappa shape index (κ1) is 16.5. The molecule has 2 aromatic rings. The molecule has 2 aromatic heterocycles. The van der Waals surface area contributed by atoms with Crippen LogP contribution in [0.2, 0.25) is 0 Å². The van der Waals surface area contributed by atoms with Crippen molar-refractivity contribution in [1.29, 1.82) is 0 Å². The molecule has 0 radical (unpaired) electrons. The van der Waals surface area contributed by atoms with Crippen LogP contribution < -0.4 is 5.32 Å². The van der Waals surface area contributed by atoms with Crippen LogP contribution in [0.3, 0.4) is 0 Å². The Morgan fingerprint density at radius 2 is 2.29 bits per heavy atom. The number of amides is 1. The molecule has 10 heteroatoms. The minimum absolute atomic E-state index is 0.232. The largest absolute Gasteiger partial charge is 0.350 e. The SMILES string of the molecule is CS(=O)(=O)N1CCCC1C(=O)NCc1cccnc1-n1cncn1. The fourth-order valence-corrected chi connectivity index (χ4v) is 3.92. The average molecular weight is 350 g/mol. The topological polar surface area (TPSA) is 110 Å². The van der Waals surface area contributed by atoms with Gasteiger partial charge in [-0.1, -0.05) is 6.07 Å². The van der Waals surface area contributed by atoms with E-state index in [2.05, 4.69) is 20.4 Å². The molecule has 1 aliphatic rings. The lowest BCUT2D eigenvalue weighted by molar-refractivity contribution is -0.124. The molecule has 0 aromatic carbocycles. The Labute approximate surface area is 139 Å². The maximum atomic E-state index is 12.4. The molecule has 3 heterocycles. The fourth-order valence-electron chi connectivity index (χ4n) is 2.79. The van der Waals surface area contributed by atoms with Crippen molar-refractivity contribution in [3.63, 3.8) is 0 Å². The Morgan fingerprint density at radius 1 is 1.46 bits per heavy atom. The lowest BCUT2D eigenvalue weighted by Gasteiger charge is -2.21. The molecule has 1 N–H and O–H groups in total. The molecule has 0 aliphatic carbocycles. The van der Waals surface area contributed by atoms with E-state index < -0.39 is 16.1 Å². The quantitative estimate of drug-likeness (QED) is 0.793. The summed E-state index contributed by atoms with van der Waals surface area (Å²) in [5.74, 6) is 0.271. The number of hydrogen-bond donors (Lipinski definition) is 1. The molecule has 3 rings (SSSR count). The molecule has 0 saturated carbocycles. The number of aromatic nitrogens is 4. The number of nitrogens with one attached hydrogen (secondary N) is 1. The van der Waals surface area contributed by atoms with Gasteiger partial charge >= 0.3 is 0 Å². The molecule has 24 heavy (non-hydrogen) atoms. The highest BCUT2D eigenvalue weighted by Crippen LogP contribution is 2.20. The highest BCUT2D eigenvalue weighted by molar-refractivity contribution is 7.88. The Kier molecular flexibility index (Phi) is 4.58. The normalized spacial score (nSPS) is 18.6. The van der Waals surface area contributed by atoms with Crippen LogP contribution in [0.4, 0.5) is 0 Å². The predicted octanol–water partition coefficient (Wildman–Crippen LogP) is -0.297. The molecule has 128 valence electrons. The molecule has 1 aliphatic heterocycles. The van der Waals surface area contributed by atoms with E-state index in [1.165, 1.54) is 21.6 Å². The van der Waals surface area contributed by atoms with E-state index >= 15 is 0 Å². The van der Waals surface area contributed by atoms with Gasteiger partial charge in [-0.2, -0.15) is 9.40 Å². The zero-order valence-corrected chi connectivity index (χ0v) is 14.0. The van der Waals surface area contributed by atoms with Gasteiger partial charge in [0.2, 0.25) is 15.9 Å². The maximum absolute atomic E-state index is 12.4. The van der Waals surface area contributed by atoms with E-state index in [9.17, 15) is 13.2 Å². The van der Waals surface area contributed by atoms with Crippen LogP contribution in [0.15, 0.2) is 31.0 Å². The third-order valence-electron chi connectivity index (χ3n) is 3.89. The molecule has 1 atom stereocenters. The predicted molar refractivity (Wildman–Crippen MR) is 85.6 cm³/mol. The first-order chi connectivity index (χ1) is 11.5. The molecule has 9 nitrogen and oxygen atoms in total. The van der Waals surface area contributed by atoms with Crippen molar-refractivity contribution >= 4 is 15.9 Å². The molecular formula is C14H18N6O3S. The van der Waals surface area contributed by atoms with Gasteiger partial charge in [-0.05, 0) is 18.9 Å². The number of hydrogen-bond acceptors (Lipinski definition) is 6. The first-order valence-corrected chi connectivity index (χ1v) is 9.35. The Hall–Kier alpha value is -2.33. The zero-order valence-electron chi connectivity index (χ0n) is 13.2. The van der Waals surface area contributed by atoms with Crippen LogP contribution >= 0.6 is 0 Å². The second-order valence-electron chi connectivity index (χ2n) is 5.58. The monoisotopic (exact) mass is 350 g/mol. The smallest absolute Gasteiger partial charge is 0.238 e. The van der Waals surface area contributed by atoms with Crippen molar-refractivity contribution in [2.75, 3.05) is 12.8 Å². The Bertz CT molecular complexity index is 821. The van der Waals surface area contributed by atoms with Crippen LogP contribution in [0, 0.1) is 0 Å². The lowest BCUT2D eigenvalue weighted by Crippen LogP contribution is -2.45. The highest BCUT2D eigenvalue weighted by atomic mass is 32.2. The summed E-state index contributed by atoms with van der Waals surface area (Å²) in [7, 11) is -3.39. The lowest BCUT2D eigenvalue weighted by atomic mass is 10.2. The second-order valence-corrected chi connectivity index (χ2v) is 7.51. The molecule has 1 saturated heterocycles. The van der Waals surface area contributed by atoms with Crippen molar-refractivity contribution in [1.82, 2.24) is 29.4 Å². The second kappa shape index (κ2) is 6.65. The van der Waals surface area contributed by atoms with Gasteiger partial charge in [-0.3, -0.25) is 4.79 Å². The number of nitrogens with zero attached hydrogens (tertiary/aromatic N) is 5. The van der Waals surface area contributed by atoms with Crippen molar-refractivity contribution in [2.24, 2.45) is 0 Å². The summed E-state index contributed by atoms with van der Waals surface area (Å²) in [4.78, 5) is 20.5. The van der Waals surface area contributed by atoms with E-state index in [0.717, 1.165) is 11.8 Å². The Morgan fingerprint density at radius 3 is 3.00 bits per heavy atom. The van der Waals surface area contributed by atoms with Crippen LogP contribution in [0.5, 0.6) is 0 Å².